The van der Waals surface area contributed by atoms with Gasteiger partial charge in [-0.05, 0) is 36.7 Å². The maximum absolute atomic E-state index is 11.2. The minimum Gasteiger partial charge on any atom is -0.463 e. The molecule has 110 valence electrons. The lowest BCUT2D eigenvalue weighted by Gasteiger charge is -2.26. The molecular formula is C12H16BrN3O4. The van der Waals surface area contributed by atoms with E-state index in [0.29, 0.717) is 10.0 Å². The van der Waals surface area contributed by atoms with E-state index < -0.39 is 16.4 Å². The normalized spacial score (nSPS) is 11.1. The van der Waals surface area contributed by atoms with Crippen LogP contribution in [0.3, 0.4) is 0 Å². The van der Waals surface area contributed by atoms with Crippen LogP contribution in [0.25, 0.3) is 0 Å². The van der Waals surface area contributed by atoms with Crippen molar-refractivity contribution in [2.45, 2.75) is 33.2 Å². The van der Waals surface area contributed by atoms with Crippen LogP contribution in [0.5, 0.6) is 0 Å². The van der Waals surface area contributed by atoms with Gasteiger partial charge in [0.1, 0.15) is 6.61 Å². The molecular weight excluding hydrogens is 330 g/mol. The van der Waals surface area contributed by atoms with Crippen molar-refractivity contribution in [2.24, 2.45) is 0 Å². The summed E-state index contributed by atoms with van der Waals surface area (Å²) in [6.07, 6.45) is 1.49. The molecule has 0 spiro atoms. The molecule has 0 aliphatic carbocycles. The number of hydrogen-bond donors (Lipinski definition) is 1. The van der Waals surface area contributed by atoms with E-state index in [9.17, 15) is 14.9 Å². The molecule has 0 radical (unpaired) electrons. The van der Waals surface area contributed by atoms with Gasteiger partial charge in [-0.15, -0.1) is 0 Å². The first kappa shape index (κ1) is 16.4. The van der Waals surface area contributed by atoms with Crippen LogP contribution < -0.4 is 5.32 Å². The topological polar surface area (TPSA) is 94.4 Å². The molecule has 1 aromatic heterocycles. The summed E-state index contributed by atoms with van der Waals surface area (Å²) in [6, 6.07) is 0. The van der Waals surface area contributed by atoms with Gasteiger partial charge in [0.05, 0.1) is 10.5 Å². The number of rotatable bonds is 5. The monoisotopic (exact) mass is 345 g/mol. The van der Waals surface area contributed by atoms with Gasteiger partial charge in [-0.2, -0.15) is 0 Å². The number of carbonyl (C=O) groups is 1. The lowest BCUT2D eigenvalue weighted by molar-refractivity contribution is -0.384. The van der Waals surface area contributed by atoms with Crippen LogP contribution in [-0.4, -0.2) is 28.0 Å². The molecule has 1 rings (SSSR count). The first-order valence-electron chi connectivity index (χ1n) is 5.85. The summed E-state index contributed by atoms with van der Waals surface area (Å²) in [5, 5.41) is 14.1. The maximum atomic E-state index is 11.2. The van der Waals surface area contributed by atoms with Crippen molar-refractivity contribution >= 4 is 33.4 Å². The van der Waals surface area contributed by atoms with E-state index in [1.165, 1.54) is 13.1 Å². The summed E-state index contributed by atoms with van der Waals surface area (Å²) < 4.78 is 5.49. The largest absolute Gasteiger partial charge is 0.463 e. The highest BCUT2D eigenvalue weighted by molar-refractivity contribution is 9.10. The van der Waals surface area contributed by atoms with Crippen molar-refractivity contribution in [1.82, 2.24) is 4.98 Å². The Morgan fingerprint density at radius 3 is 2.70 bits per heavy atom. The van der Waals surface area contributed by atoms with Crippen molar-refractivity contribution in [3.63, 3.8) is 0 Å². The van der Waals surface area contributed by atoms with Crippen LogP contribution in [0.4, 0.5) is 11.5 Å². The molecule has 0 saturated heterocycles. The molecule has 0 unspecified atom stereocenters. The number of esters is 1. The molecule has 8 heteroatoms. The Bertz CT molecular complexity index is 546. The Hall–Kier alpha value is -1.70. The van der Waals surface area contributed by atoms with Crippen LogP contribution >= 0.6 is 15.9 Å². The second-order valence-corrected chi connectivity index (χ2v) is 5.83. The maximum Gasteiger partial charge on any atom is 0.315 e. The fourth-order valence-electron chi connectivity index (χ4n) is 1.52. The zero-order chi connectivity index (χ0) is 15.5. The molecule has 0 amide bonds. The number of anilines is 1. The molecule has 1 heterocycles. The fraction of sp³-hybridized carbons (Fsp3) is 0.500. The quantitative estimate of drug-likeness (QED) is 0.500. The van der Waals surface area contributed by atoms with Gasteiger partial charge in [0.15, 0.2) is 0 Å². The average Bonchev–Trinajstić information content (AvgIpc) is 2.31. The van der Waals surface area contributed by atoms with E-state index in [4.69, 9.17) is 4.74 Å². The van der Waals surface area contributed by atoms with Crippen molar-refractivity contribution in [1.29, 1.82) is 0 Å². The zero-order valence-electron chi connectivity index (χ0n) is 11.7. The number of ether oxygens (including phenoxy) is 1. The third-order valence-electron chi connectivity index (χ3n) is 2.52. The number of nitrogens with zero attached hydrogens (tertiary/aromatic N) is 2. The predicted octanol–water partition coefficient (Wildman–Crippen LogP) is 2.81. The molecule has 0 fully saturated rings. The molecule has 1 aromatic rings. The number of hydrogen-bond acceptors (Lipinski definition) is 6. The third-order valence-corrected chi connectivity index (χ3v) is 3.32. The van der Waals surface area contributed by atoms with Gasteiger partial charge in [-0.1, -0.05) is 0 Å². The number of nitrogens with one attached hydrogen (secondary N) is 1. The molecule has 7 nitrogen and oxygen atoms in total. The molecule has 1 N–H and O–H groups in total. The van der Waals surface area contributed by atoms with Crippen molar-refractivity contribution in [2.75, 3.05) is 11.9 Å². The molecule has 0 aromatic carbocycles. The van der Waals surface area contributed by atoms with Crippen LogP contribution in [0.15, 0.2) is 10.7 Å². The lowest BCUT2D eigenvalue weighted by atomic mass is 10.1. The Labute approximate surface area is 125 Å². The van der Waals surface area contributed by atoms with E-state index in [1.807, 2.05) is 0 Å². The molecule has 0 atom stereocenters. The Morgan fingerprint density at radius 1 is 1.60 bits per heavy atom. The summed E-state index contributed by atoms with van der Waals surface area (Å²) in [5.74, 6) is -0.262. The highest BCUT2D eigenvalue weighted by atomic mass is 79.9. The standard InChI is InChI=1S/C12H16BrN3O4/c1-7-9(13)5-14-11(10(7)16(18)19)15-12(3,4)6-20-8(2)17/h5H,6H2,1-4H3,(H,14,15). The minimum absolute atomic E-state index is 0.0796. The van der Waals surface area contributed by atoms with E-state index >= 15 is 0 Å². The van der Waals surface area contributed by atoms with E-state index in [1.54, 1.807) is 20.8 Å². The van der Waals surface area contributed by atoms with Gasteiger partial charge < -0.3 is 10.1 Å². The van der Waals surface area contributed by atoms with E-state index in [0.717, 1.165) is 0 Å². The predicted molar refractivity (Wildman–Crippen MR) is 77.7 cm³/mol. The second-order valence-electron chi connectivity index (χ2n) is 4.97. The fourth-order valence-corrected chi connectivity index (χ4v) is 1.81. The molecule has 0 aliphatic rings. The Morgan fingerprint density at radius 2 is 2.20 bits per heavy atom. The Balaban J connectivity index is 3.06. The van der Waals surface area contributed by atoms with Gasteiger partial charge in [0.25, 0.3) is 0 Å². The average molecular weight is 346 g/mol. The number of pyridine rings is 1. The minimum atomic E-state index is -0.677. The summed E-state index contributed by atoms with van der Waals surface area (Å²) in [5.41, 5.74) is -0.296. The van der Waals surface area contributed by atoms with Gasteiger partial charge >= 0.3 is 11.7 Å². The lowest BCUT2D eigenvalue weighted by Crippen LogP contribution is -2.37. The highest BCUT2D eigenvalue weighted by Gasteiger charge is 2.27. The van der Waals surface area contributed by atoms with Crippen molar-refractivity contribution in [3.05, 3.63) is 26.3 Å². The number of aromatic nitrogens is 1. The van der Waals surface area contributed by atoms with Crippen molar-refractivity contribution in [3.8, 4) is 0 Å². The van der Waals surface area contributed by atoms with E-state index in [2.05, 4.69) is 26.2 Å². The molecule has 0 bridgehead atoms. The summed E-state index contributed by atoms with van der Waals surface area (Å²) in [7, 11) is 0. The number of carbonyl (C=O) groups excluding carboxylic acids is 1. The van der Waals surface area contributed by atoms with Gasteiger partial charge in [-0.25, -0.2) is 4.98 Å². The summed E-state index contributed by atoms with van der Waals surface area (Å²) in [6.45, 7) is 6.54. The summed E-state index contributed by atoms with van der Waals surface area (Å²) in [4.78, 5) is 25.5. The van der Waals surface area contributed by atoms with Crippen molar-refractivity contribution < 1.29 is 14.5 Å². The van der Waals surface area contributed by atoms with E-state index in [-0.39, 0.29) is 18.1 Å². The first-order valence-corrected chi connectivity index (χ1v) is 6.64. The molecule has 0 aliphatic heterocycles. The number of nitro groups is 1. The van der Waals surface area contributed by atoms with Crippen LogP contribution in [0.1, 0.15) is 26.3 Å². The zero-order valence-corrected chi connectivity index (χ0v) is 13.3. The molecule has 0 saturated carbocycles. The first-order chi connectivity index (χ1) is 9.14. The Kier molecular flexibility index (Phi) is 5.04. The smallest absolute Gasteiger partial charge is 0.315 e. The third kappa shape index (κ3) is 4.16. The SMILES string of the molecule is CC(=O)OCC(C)(C)Nc1ncc(Br)c(C)c1[N+](=O)[O-]. The van der Waals surface area contributed by atoms with Crippen LogP contribution in [0.2, 0.25) is 0 Å². The molecule has 20 heavy (non-hydrogen) atoms. The van der Waals surface area contributed by atoms with Crippen LogP contribution in [-0.2, 0) is 9.53 Å². The van der Waals surface area contributed by atoms with Gasteiger partial charge in [0.2, 0.25) is 5.82 Å². The van der Waals surface area contributed by atoms with Gasteiger partial charge in [-0.3, -0.25) is 14.9 Å². The number of halogens is 1. The van der Waals surface area contributed by atoms with Crippen LogP contribution in [0, 0.1) is 17.0 Å². The highest BCUT2D eigenvalue weighted by Crippen LogP contribution is 2.32. The summed E-state index contributed by atoms with van der Waals surface area (Å²) >= 11 is 3.21. The second kappa shape index (κ2) is 6.17. The van der Waals surface area contributed by atoms with Gasteiger partial charge in [0, 0.05) is 23.2 Å².